The Morgan fingerprint density at radius 2 is 2.00 bits per heavy atom. The lowest BCUT2D eigenvalue weighted by Gasteiger charge is -2.19. The zero-order valence-electron chi connectivity index (χ0n) is 9.87. The highest BCUT2D eigenvalue weighted by atomic mass is 32.1. The highest BCUT2D eigenvalue weighted by Crippen LogP contribution is 2.39. The van der Waals surface area contributed by atoms with Crippen LogP contribution in [0.2, 0.25) is 0 Å². The summed E-state index contributed by atoms with van der Waals surface area (Å²) in [6.45, 7) is 5.89. The van der Waals surface area contributed by atoms with Crippen molar-refractivity contribution >= 4 is 27.4 Å². The van der Waals surface area contributed by atoms with Gasteiger partial charge in [-0.3, -0.25) is 0 Å². The number of hydrogen-bond donors (Lipinski definition) is 1. The van der Waals surface area contributed by atoms with Gasteiger partial charge in [0, 0.05) is 4.70 Å². The smallest absolute Gasteiger partial charge is 0.346 e. The van der Waals surface area contributed by atoms with Crippen molar-refractivity contribution in [2.24, 2.45) is 0 Å². The van der Waals surface area contributed by atoms with E-state index in [2.05, 4.69) is 0 Å². The largest absolute Gasteiger partial charge is 0.477 e. The molecule has 2 aromatic rings. The molecule has 1 aromatic carbocycles. The van der Waals surface area contributed by atoms with Gasteiger partial charge in [-0.15, -0.1) is 11.3 Å². The normalized spacial score (nSPS) is 12.0. The molecular weight excluding hydrogens is 239 g/mol. The average Bonchev–Trinajstić information content (AvgIpc) is 2.55. The molecule has 2 nitrogen and oxygen atoms in total. The third-order valence-electron chi connectivity index (χ3n) is 2.60. The summed E-state index contributed by atoms with van der Waals surface area (Å²) >= 11 is 1.13. The molecule has 0 spiro atoms. The quantitative estimate of drug-likeness (QED) is 0.831. The van der Waals surface area contributed by atoms with Crippen LogP contribution in [0.1, 0.15) is 36.0 Å². The molecule has 1 aromatic heterocycles. The molecule has 0 radical (unpaired) electrons. The number of fused-ring (bicyclic) bond motifs is 1. The fourth-order valence-corrected chi connectivity index (χ4v) is 3.24. The predicted octanol–water partition coefficient (Wildman–Crippen LogP) is 4.04. The lowest BCUT2D eigenvalue weighted by molar-refractivity contribution is 0.0700. The molecule has 0 unspecified atom stereocenters. The third kappa shape index (κ3) is 2.05. The minimum absolute atomic E-state index is 0.274. The number of benzene rings is 1. The number of aromatic carboxylic acids is 1. The van der Waals surface area contributed by atoms with E-state index < -0.39 is 5.97 Å². The zero-order valence-corrected chi connectivity index (χ0v) is 10.7. The van der Waals surface area contributed by atoms with Gasteiger partial charge in [0.05, 0.1) is 0 Å². The van der Waals surface area contributed by atoms with Gasteiger partial charge in [0.1, 0.15) is 10.7 Å². The van der Waals surface area contributed by atoms with Crippen LogP contribution in [-0.2, 0) is 5.41 Å². The number of thiophene rings is 1. The summed E-state index contributed by atoms with van der Waals surface area (Å²) in [5.74, 6) is -1.28. The van der Waals surface area contributed by atoms with Crippen molar-refractivity contribution in [1.82, 2.24) is 0 Å². The van der Waals surface area contributed by atoms with E-state index in [1.54, 1.807) is 6.07 Å². The zero-order chi connectivity index (χ0) is 12.8. The van der Waals surface area contributed by atoms with E-state index in [4.69, 9.17) is 0 Å². The SMILES string of the molecule is CC(C)(C)c1c(C(=O)O)sc2cc(F)ccc12. The molecule has 4 heteroatoms. The van der Waals surface area contributed by atoms with Gasteiger partial charge in [0.2, 0.25) is 0 Å². The minimum Gasteiger partial charge on any atom is -0.477 e. The highest BCUT2D eigenvalue weighted by Gasteiger charge is 2.26. The molecule has 2 rings (SSSR count). The Morgan fingerprint density at radius 1 is 1.35 bits per heavy atom. The maximum absolute atomic E-state index is 13.1. The van der Waals surface area contributed by atoms with E-state index in [-0.39, 0.29) is 11.2 Å². The summed E-state index contributed by atoms with van der Waals surface area (Å²) in [7, 11) is 0. The molecular formula is C13H13FO2S. The Kier molecular flexibility index (Phi) is 2.70. The number of carbonyl (C=O) groups is 1. The van der Waals surface area contributed by atoms with E-state index >= 15 is 0 Å². The van der Waals surface area contributed by atoms with E-state index in [0.29, 0.717) is 9.58 Å². The summed E-state index contributed by atoms with van der Waals surface area (Å²) in [5.41, 5.74) is 0.508. The summed E-state index contributed by atoms with van der Waals surface area (Å²) in [5, 5.41) is 10.1. The van der Waals surface area contributed by atoms with Crippen LogP contribution in [0.15, 0.2) is 18.2 Å². The Bertz CT molecular complexity index is 593. The van der Waals surface area contributed by atoms with Gasteiger partial charge in [-0.25, -0.2) is 9.18 Å². The lowest BCUT2D eigenvalue weighted by atomic mass is 9.85. The molecule has 17 heavy (non-hydrogen) atoms. The van der Waals surface area contributed by atoms with Crippen LogP contribution in [0.4, 0.5) is 4.39 Å². The minimum atomic E-state index is -0.948. The van der Waals surface area contributed by atoms with Crippen molar-refractivity contribution in [1.29, 1.82) is 0 Å². The molecule has 0 aliphatic rings. The molecule has 0 saturated carbocycles. The third-order valence-corrected chi connectivity index (χ3v) is 3.74. The van der Waals surface area contributed by atoms with Crippen molar-refractivity contribution in [3.8, 4) is 0 Å². The lowest BCUT2D eigenvalue weighted by Crippen LogP contribution is -2.14. The van der Waals surface area contributed by atoms with E-state index in [1.165, 1.54) is 12.1 Å². The maximum atomic E-state index is 13.1. The van der Waals surface area contributed by atoms with Crippen LogP contribution < -0.4 is 0 Å². The molecule has 1 N–H and O–H groups in total. The van der Waals surface area contributed by atoms with E-state index in [9.17, 15) is 14.3 Å². The fourth-order valence-electron chi connectivity index (χ4n) is 1.97. The topological polar surface area (TPSA) is 37.3 Å². The molecule has 0 saturated heterocycles. The molecule has 0 bridgehead atoms. The molecule has 0 aliphatic carbocycles. The first-order valence-electron chi connectivity index (χ1n) is 5.26. The first-order chi connectivity index (χ1) is 7.80. The van der Waals surface area contributed by atoms with E-state index in [1.807, 2.05) is 20.8 Å². The summed E-state index contributed by atoms with van der Waals surface area (Å²) in [4.78, 5) is 11.5. The standard InChI is InChI=1S/C13H13FO2S/c1-13(2,3)10-8-5-4-7(14)6-9(8)17-11(10)12(15)16/h4-6H,1-3H3,(H,15,16). The van der Waals surface area contributed by atoms with Crippen molar-refractivity contribution in [3.63, 3.8) is 0 Å². The van der Waals surface area contributed by atoms with Gasteiger partial charge in [-0.1, -0.05) is 26.8 Å². The summed E-state index contributed by atoms with van der Waals surface area (Å²) in [6.07, 6.45) is 0. The van der Waals surface area contributed by atoms with Crippen molar-refractivity contribution in [3.05, 3.63) is 34.5 Å². The van der Waals surface area contributed by atoms with Gasteiger partial charge in [0.25, 0.3) is 0 Å². The Hall–Kier alpha value is -1.42. The van der Waals surface area contributed by atoms with Crippen LogP contribution in [0.25, 0.3) is 10.1 Å². The molecule has 90 valence electrons. The average molecular weight is 252 g/mol. The van der Waals surface area contributed by atoms with Crippen LogP contribution >= 0.6 is 11.3 Å². The number of rotatable bonds is 1. The van der Waals surface area contributed by atoms with Gasteiger partial charge in [0.15, 0.2) is 0 Å². The second kappa shape index (κ2) is 3.81. The monoisotopic (exact) mass is 252 g/mol. The van der Waals surface area contributed by atoms with Crippen LogP contribution in [0.3, 0.4) is 0 Å². The molecule has 0 atom stereocenters. The maximum Gasteiger partial charge on any atom is 0.346 e. The van der Waals surface area contributed by atoms with Crippen molar-refractivity contribution in [2.45, 2.75) is 26.2 Å². The summed E-state index contributed by atoms with van der Waals surface area (Å²) in [6, 6.07) is 4.42. The van der Waals surface area contributed by atoms with Gasteiger partial charge < -0.3 is 5.11 Å². The Balaban J connectivity index is 2.86. The first-order valence-corrected chi connectivity index (χ1v) is 6.08. The van der Waals surface area contributed by atoms with Gasteiger partial charge in [-0.05, 0) is 28.5 Å². The van der Waals surface area contributed by atoms with Crippen molar-refractivity contribution < 1.29 is 14.3 Å². The molecule has 1 heterocycles. The second-order valence-corrected chi connectivity index (χ2v) is 6.05. The number of carboxylic acid groups (broad SMARTS) is 1. The summed E-state index contributed by atoms with van der Waals surface area (Å²) < 4.78 is 13.8. The van der Waals surface area contributed by atoms with Gasteiger partial charge >= 0.3 is 5.97 Å². The number of halogens is 1. The predicted molar refractivity (Wildman–Crippen MR) is 67.4 cm³/mol. The fraction of sp³-hybridized carbons (Fsp3) is 0.308. The van der Waals surface area contributed by atoms with Gasteiger partial charge in [-0.2, -0.15) is 0 Å². The first kappa shape index (κ1) is 12.0. The Labute approximate surface area is 103 Å². The Morgan fingerprint density at radius 3 is 2.53 bits per heavy atom. The van der Waals surface area contributed by atoms with E-state index in [0.717, 1.165) is 22.3 Å². The number of hydrogen-bond acceptors (Lipinski definition) is 2. The van der Waals surface area contributed by atoms with Crippen molar-refractivity contribution in [2.75, 3.05) is 0 Å². The van der Waals surface area contributed by atoms with Crippen LogP contribution in [-0.4, -0.2) is 11.1 Å². The highest BCUT2D eigenvalue weighted by molar-refractivity contribution is 7.21. The second-order valence-electron chi connectivity index (χ2n) is 5.00. The molecule has 0 amide bonds. The number of carboxylic acids is 1. The molecule has 0 fully saturated rings. The van der Waals surface area contributed by atoms with Crippen LogP contribution in [0.5, 0.6) is 0 Å². The van der Waals surface area contributed by atoms with Crippen LogP contribution in [0, 0.1) is 5.82 Å². The molecule has 0 aliphatic heterocycles.